The first-order chi connectivity index (χ1) is 8.68. The second-order valence-corrected chi connectivity index (χ2v) is 6.78. The molecule has 1 rings (SSSR count). The van der Waals surface area contributed by atoms with Gasteiger partial charge in [-0.05, 0) is 24.7 Å². The normalized spacial score (nSPS) is 26.3. The number of hydrogen-bond acceptors (Lipinski definition) is 2. The number of rotatable bonds is 4. The Kier molecular flexibility index (Phi) is 4.99. The molecular weight excluding hydrogens is 240 g/mol. The molecule has 0 aliphatic carbocycles. The van der Waals surface area contributed by atoms with Gasteiger partial charge in [0.1, 0.15) is 12.1 Å². The fourth-order valence-electron chi connectivity index (χ4n) is 2.19. The summed E-state index contributed by atoms with van der Waals surface area (Å²) in [7, 11) is 0. The molecule has 3 atom stereocenters. The van der Waals surface area contributed by atoms with Crippen LogP contribution in [0.4, 0.5) is 0 Å². The van der Waals surface area contributed by atoms with Crippen molar-refractivity contribution in [3.05, 3.63) is 0 Å². The Morgan fingerprint density at radius 3 is 2.37 bits per heavy atom. The van der Waals surface area contributed by atoms with Crippen molar-refractivity contribution >= 4 is 11.8 Å². The lowest BCUT2D eigenvalue weighted by molar-refractivity contribution is -0.150. The van der Waals surface area contributed by atoms with Gasteiger partial charge in [0, 0.05) is 6.54 Å². The molecule has 1 aliphatic rings. The fraction of sp³-hybridized carbons (Fsp3) is 0.867. The van der Waals surface area contributed by atoms with Crippen LogP contribution in [-0.4, -0.2) is 35.3 Å². The Bertz CT molecular complexity index is 347. The molecule has 3 unspecified atom stereocenters. The summed E-state index contributed by atoms with van der Waals surface area (Å²) < 4.78 is 0. The van der Waals surface area contributed by atoms with Crippen LogP contribution in [0.2, 0.25) is 0 Å². The van der Waals surface area contributed by atoms with Crippen molar-refractivity contribution < 1.29 is 9.59 Å². The second kappa shape index (κ2) is 5.93. The van der Waals surface area contributed by atoms with E-state index in [4.69, 9.17) is 0 Å². The van der Waals surface area contributed by atoms with Crippen LogP contribution in [-0.2, 0) is 9.59 Å². The van der Waals surface area contributed by atoms with Gasteiger partial charge in [0.05, 0.1) is 0 Å². The van der Waals surface area contributed by atoms with E-state index in [2.05, 4.69) is 33.0 Å². The molecule has 0 aromatic rings. The van der Waals surface area contributed by atoms with E-state index in [9.17, 15) is 9.59 Å². The standard InChI is InChI=1S/C15H28N2O2/c1-7-8-12-14(19)17(11(3)13(18)16-12)9-10(2)15(4,5)6/h10-12H,7-9H2,1-6H3,(H,16,18). The molecule has 110 valence electrons. The van der Waals surface area contributed by atoms with Gasteiger partial charge in [-0.15, -0.1) is 0 Å². The lowest BCUT2D eigenvalue weighted by Gasteiger charge is -2.41. The molecule has 1 fully saturated rings. The van der Waals surface area contributed by atoms with Gasteiger partial charge in [-0.25, -0.2) is 0 Å². The van der Waals surface area contributed by atoms with Crippen LogP contribution in [0.3, 0.4) is 0 Å². The maximum Gasteiger partial charge on any atom is 0.245 e. The predicted octanol–water partition coefficient (Wildman–Crippen LogP) is 2.18. The summed E-state index contributed by atoms with van der Waals surface area (Å²) in [5.74, 6) is 0.399. The highest BCUT2D eigenvalue weighted by molar-refractivity contribution is 5.96. The number of carbonyl (C=O) groups excluding carboxylic acids is 2. The highest BCUT2D eigenvalue weighted by atomic mass is 16.2. The fourth-order valence-corrected chi connectivity index (χ4v) is 2.19. The van der Waals surface area contributed by atoms with Crippen molar-refractivity contribution in [1.82, 2.24) is 10.2 Å². The van der Waals surface area contributed by atoms with Gasteiger partial charge in [0.15, 0.2) is 0 Å². The number of nitrogens with zero attached hydrogens (tertiary/aromatic N) is 1. The van der Waals surface area contributed by atoms with E-state index in [-0.39, 0.29) is 29.3 Å². The van der Waals surface area contributed by atoms with Gasteiger partial charge in [-0.1, -0.05) is 41.0 Å². The molecule has 0 radical (unpaired) electrons. The maximum absolute atomic E-state index is 12.4. The Morgan fingerprint density at radius 2 is 1.89 bits per heavy atom. The van der Waals surface area contributed by atoms with Gasteiger partial charge < -0.3 is 10.2 Å². The number of nitrogens with one attached hydrogen (secondary N) is 1. The van der Waals surface area contributed by atoms with Gasteiger partial charge in [-0.2, -0.15) is 0 Å². The average Bonchev–Trinajstić information content (AvgIpc) is 2.30. The van der Waals surface area contributed by atoms with Crippen molar-refractivity contribution in [1.29, 1.82) is 0 Å². The number of hydrogen-bond donors (Lipinski definition) is 1. The highest BCUT2D eigenvalue weighted by Gasteiger charge is 2.39. The molecule has 4 heteroatoms. The second-order valence-electron chi connectivity index (χ2n) is 6.78. The molecule has 0 spiro atoms. The molecule has 1 saturated heterocycles. The third-order valence-electron chi connectivity index (χ3n) is 4.27. The highest BCUT2D eigenvalue weighted by Crippen LogP contribution is 2.27. The van der Waals surface area contributed by atoms with Gasteiger partial charge in [0.2, 0.25) is 11.8 Å². The summed E-state index contributed by atoms with van der Waals surface area (Å²) in [4.78, 5) is 26.2. The summed E-state index contributed by atoms with van der Waals surface area (Å²) in [6, 6.07) is -0.689. The zero-order valence-corrected chi connectivity index (χ0v) is 13.1. The first kappa shape index (κ1) is 16.0. The molecule has 0 saturated carbocycles. The van der Waals surface area contributed by atoms with Gasteiger partial charge in [0.25, 0.3) is 0 Å². The Balaban J connectivity index is 2.83. The van der Waals surface area contributed by atoms with E-state index in [1.54, 1.807) is 4.90 Å². The number of carbonyl (C=O) groups is 2. The minimum absolute atomic E-state index is 0.0286. The van der Waals surface area contributed by atoms with E-state index in [1.165, 1.54) is 0 Å². The van der Waals surface area contributed by atoms with E-state index in [1.807, 2.05) is 13.8 Å². The van der Waals surface area contributed by atoms with Crippen LogP contribution in [0.5, 0.6) is 0 Å². The van der Waals surface area contributed by atoms with Crippen LogP contribution in [0.15, 0.2) is 0 Å². The minimum atomic E-state index is -0.356. The first-order valence-corrected chi connectivity index (χ1v) is 7.29. The number of piperazine rings is 1. The predicted molar refractivity (Wildman–Crippen MR) is 76.6 cm³/mol. The van der Waals surface area contributed by atoms with Crippen molar-refractivity contribution in [2.45, 2.75) is 66.5 Å². The molecule has 2 amide bonds. The molecule has 1 heterocycles. The monoisotopic (exact) mass is 268 g/mol. The van der Waals surface area contributed by atoms with Crippen LogP contribution in [0.1, 0.15) is 54.4 Å². The average molecular weight is 268 g/mol. The molecule has 0 aromatic heterocycles. The maximum atomic E-state index is 12.4. The molecular formula is C15H28N2O2. The molecule has 4 nitrogen and oxygen atoms in total. The van der Waals surface area contributed by atoms with Crippen LogP contribution >= 0.6 is 0 Å². The van der Waals surface area contributed by atoms with Gasteiger partial charge in [-0.3, -0.25) is 9.59 Å². The Morgan fingerprint density at radius 1 is 1.32 bits per heavy atom. The van der Waals surface area contributed by atoms with Crippen LogP contribution in [0, 0.1) is 11.3 Å². The van der Waals surface area contributed by atoms with E-state index in [0.29, 0.717) is 12.5 Å². The zero-order chi connectivity index (χ0) is 14.8. The minimum Gasteiger partial charge on any atom is -0.343 e. The largest absolute Gasteiger partial charge is 0.343 e. The van der Waals surface area contributed by atoms with E-state index >= 15 is 0 Å². The number of amides is 2. The van der Waals surface area contributed by atoms with Crippen LogP contribution in [0.25, 0.3) is 0 Å². The smallest absolute Gasteiger partial charge is 0.245 e. The Labute approximate surface area is 116 Å². The summed E-state index contributed by atoms with van der Waals surface area (Å²) in [5, 5.41) is 2.83. The SMILES string of the molecule is CCCC1NC(=O)C(C)N(CC(C)C(C)(C)C)C1=O. The molecule has 0 bridgehead atoms. The van der Waals surface area contributed by atoms with Crippen molar-refractivity contribution in [2.75, 3.05) is 6.54 Å². The van der Waals surface area contributed by atoms with Crippen molar-refractivity contribution in [3.8, 4) is 0 Å². The molecule has 19 heavy (non-hydrogen) atoms. The van der Waals surface area contributed by atoms with Gasteiger partial charge >= 0.3 is 0 Å². The topological polar surface area (TPSA) is 49.4 Å². The summed E-state index contributed by atoms with van der Waals surface area (Å²) >= 11 is 0. The zero-order valence-electron chi connectivity index (χ0n) is 13.1. The summed E-state index contributed by atoms with van der Waals surface area (Å²) in [5.41, 5.74) is 0.133. The van der Waals surface area contributed by atoms with E-state index < -0.39 is 0 Å². The van der Waals surface area contributed by atoms with Crippen LogP contribution < -0.4 is 5.32 Å². The molecule has 1 N–H and O–H groups in total. The molecule has 0 aromatic carbocycles. The summed E-state index contributed by atoms with van der Waals surface area (Å²) in [6.07, 6.45) is 1.62. The van der Waals surface area contributed by atoms with E-state index in [0.717, 1.165) is 12.8 Å². The first-order valence-electron chi connectivity index (χ1n) is 7.29. The quantitative estimate of drug-likeness (QED) is 0.849. The molecule has 1 aliphatic heterocycles. The lowest BCUT2D eigenvalue weighted by Crippen LogP contribution is -2.63. The van der Waals surface area contributed by atoms with Crippen molar-refractivity contribution in [3.63, 3.8) is 0 Å². The lowest BCUT2D eigenvalue weighted by atomic mass is 9.81. The Hall–Kier alpha value is -1.06. The third kappa shape index (κ3) is 3.71. The van der Waals surface area contributed by atoms with Crippen molar-refractivity contribution in [2.24, 2.45) is 11.3 Å². The summed E-state index contributed by atoms with van der Waals surface area (Å²) in [6.45, 7) is 13.1. The third-order valence-corrected chi connectivity index (χ3v) is 4.27.